The maximum absolute atomic E-state index is 11.5. The molecule has 5 rings (SSSR count). The largest absolute Gasteiger partial charge is 0.478 e. The number of benzene rings is 3. The SMILES string of the molecule is CC(=O)Oc1cccc(Oc2ccc(-c3nc4cc(C(=O)O)ccc4n3C3CCCCC3)cc2)c1. The Balaban J connectivity index is 1.47. The van der Waals surface area contributed by atoms with Gasteiger partial charge in [-0.3, -0.25) is 4.79 Å². The van der Waals surface area contributed by atoms with Crippen molar-refractivity contribution in [3.05, 3.63) is 72.3 Å². The normalized spacial score (nSPS) is 14.1. The minimum Gasteiger partial charge on any atom is -0.478 e. The molecule has 0 bridgehead atoms. The topological polar surface area (TPSA) is 90.7 Å². The van der Waals surface area contributed by atoms with E-state index in [4.69, 9.17) is 14.5 Å². The van der Waals surface area contributed by atoms with Crippen molar-refractivity contribution in [2.75, 3.05) is 0 Å². The Hall–Kier alpha value is -4.13. The second kappa shape index (κ2) is 9.62. The van der Waals surface area contributed by atoms with Gasteiger partial charge in [-0.05, 0) is 67.4 Å². The van der Waals surface area contributed by atoms with Gasteiger partial charge in [0.1, 0.15) is 23.1 Å². The third-order valence-corrected chi connectivity index (χ3v) is 6.29. The van der Waals surface area contributed by atoms with Gasteiger partial charge in [0.25, 0.3) is 0 Å². The fourth-order valence-electron chi connectivity index (χ4n) is 4.72. The summed E-state index contributed by atoms with van der Waals surface area (Å²) >= 11 is 0. The number of carboxylic acid groups (broad SMARTS) is 1. The smallest absolute Gasteiger partial charge is 0.335 e. The number of nitrogens with zero attached hydrogens (tertiary/aromatic N) is 2. The number of hydrogen-bond acceptors (Lipinski definition) is 5. The Morgan fingerprint density at radius 2 is 1.66 bits per heavy atom. The highest BCUT2D eigenvalue weighted by molar-refractivity contribution is 5.93. The average molecular weight is 471 g/mol. The lowest BCUT2D eigenvalue weighted by molar-refractivity contribution is -0.131. The first-order chi connectivity index (χ1) is 17.0. The predicted octanol–water partition coefficient (Wildman–Crippen LogP) is 6.62. The highest BCUT2D eigenvalue weighted by Crippen LogP contribution is 2.37. The first-order valence-electron chi connectivity index (χ1n) is 11.8. The highest BCUT2D eigenvalue weighted by Gasteiger charge is 2.23. The summed E-state index contributed by atoms with van der Waals surface area (Å²) in [6, 6.07) is 20.1. The first-order valence-corrected chi connectivity index (χ1v) is 11.8. The molecule has 4 aromatic rings. The lowest BCUT2D eigenvalue weighted by Gasteiger charge is -2.25. The molecular weight excluding hydrogens is 444 g/mol. The fourth-order valence-corrected chi connectivity index (χ4v) is 4.72. The predicted molar refractivity (Wildman–Crippen MR) is 132 cm³/mol. The van der Waals surface area contributed by atoms with Crippen LogP contribution in [0.4, 0.5) is 0 Å². The average Bonchev–Trinajstić information content (AvgIpc) is 3.23. The van der Waals surface area contributed by atoms with Crippen LogP contribution in [0.3, 0.4) is 0 Å². The lowest BCUT2D eigenvalue weighted by Crippen LogP contribution is -2.14. The summed E-state index contributed by atoms with van der Waals surface area (Å²) in [6.07, 6.45) is 5.76. The Morgan fingerprint density at radius 1 is 0.914 bits per heavy atom. The molecule has 1 N–H and O–H groups in total. The zero-order chi connectivity index (χ0) is 24.4. The zero-order valence-electron chi connectivity index (χ0n) is 19.4. The highest BCUT2D eigenvalue weighted by atomic mass is 16.5. The minimum atomic E-state index is -0.958. The van der Waals surface area contributed by atoms with Gasteiger partial charge in [-0.1, -0.05) is 25.3 Å². The third kappa shape index (κ3) is 4.89. The van der Waals surface area contributed by atoms with Gasteiger partial charge in [-0.25, -0.2) is 9.78 Å². The molecule has 7 nitrogen and oxygen atoms in total. The maximum Gasteiger partial charge on any atom is 0.335 e. The van der Waals surface area contributed by atoms with E-state index in [2.05, 4.69) is 4.57 Å². The molecule has 1 saturated carbocycles. The number of carboxylic acids is 1. The van der Waals surface area contributed by atoms with Crippen molar-refractivity contribution in [1.29, 1.82) is 0 Å². The van der Waals surface area contributed by atoms with Crippen LogP contribution in [0.5, 0.6) is 17.2 Å². The van der Waals surface area contributed by atoms with Gasteiger partial charge in [0.2, 0.25) is 0 Å². The summed E-state index contributed by atoms with van der Waals surface area (Å²) in [6.45, 7) is 1.36. The number of imidazole rings is 1. The molecule has 0 saturated heterocycles. The molecule has 3 aromatic carbocycles. The minimum absolute atomic E-state index is 0.233. The quantitative estimate of drug-likeness (QED) is 0.251. The van der Waals surface area contributed by atoms with Crippen LogP contribution in [0.1, 0.15) is 55.4 Å². The summed E-state index contributed by atoms with van der Waals surface area (Å²) in [5.41, 5.74) is 2.81. The van der Waals surface area contributed by atoms with Crippen LogP contribution in [0.25, 0.3) is 22.4 Å². The third-order valence-electron chi connectivity index (χ3n) is 6.29. The van der Waals surface area contributed by atoms with E-state index >= 15 is 0 Å². The number of aromatic nitrogens is 2. The molecule has 0 amide bonds. The second-order valence-electron chi connectivity index (χ2n) is 8.80. The van der Waals surface area contributed by atoms with Crippen molar-refractivity contribution in [2.45, 2.75) is 45.1 Å². The van der Waals surface area contributed by atoms with E-state index in [0.717, 1.165) is 29.7 Å². The van der Waals surface area contributed by atoms with Crippen LogP contribution in [-0.2, 0) is 4.79 Å². The number of fused-ring (bicyclic) bond motifs is 1. The molecule has 1 aliphatic carbocycles. The number of carbonyl (C=O) groups is 2. The van der Waals surface area contributed by atoms with Gasteiger partial charge in [-0.15, -0.1) is 0 Å². The number of carbonyl (C=O) groups excluding carboxylic acids is 1. The van der Waals surface area contributed by atoms with Gasteiger partial charge in [0.05, 0.1) is 16.6 Å². The van der Waals surface area contributed by atoms with E-state index in [9.17, 15) is 14.7 Å². The molecule has 0 unspecified atom stereocenters. The number of rotatable bonds is 6. The maximum atomic E-state index is 11.5. The van der Waals surface area contributed by atoms with Crippen molar-refractivity contribution >= 4 is 23.0 Å². The summed E-state index contributed by atoms with van der Waals surface area (Å²) in [4.78, 5) is 27.6. The van der Waals surface area contributed by atoms with Crippen LogP contribution in [0.2, 0.25) is 0 Å². The molecule has 0 spiro atoms. The molecule has 0 radical (unpaired) electrons. The van der Waals surface area contributed by atoms with Crippen molar-refractivity contribution in [1.82, 2.24) is 9.55 Å². The molecule has 1 heterocycles. The molecule has 1 aromatic heterocycles. The molecule has 7 heteroatoms. The molecule has 35 heavy (non-hydrogen) atoms. The molecule has 1 aliphatic rings. The number of aromatic carboxylic acids is 1. The first kappa shape index (κ1) is 22.7. The van der Waals surface area contributed by atoms with Crippen LogP contribution < -0.4 is 9.47 Å². The molecule has 0 atom stereocenters. The Bertz CT molecular complexity index is 1380. The van der Waals surface area contributed by atoms with Crippen molar-refractivity contribution < 1.29 is 24.2 Å². The summed E-state index contributed by atoms with van der Waals surface area (Å²) < 4.78 is 13.4. The summed E-state index contributed by atoms with van der Waals surface area (Å²) in [5, 5.41) is 9.42. The fraction of sp³-hybridized carbons (Fsp3) is 0.250. The number of esters is 1. The molecule has 1 fully saturated rings. The van der Waals surface area contributed by atoms with Gasteiger partial charge in [-0.2, -0.15) is 0 Å². The van der Waals surface area contributed by atoms with Crippen molar-refractivity contribution in [3.8, 4) is 28.6 Å². The summed E-state index contributed by atoms with van der Waals surface area (Å²) in [7, 11) is 0. The second-order valence-corrected chi connectivity index (χ2v) is 8.80. The molecular formula is C28H26N2O5. The monoisotopic (exact) mass is 470 g/mol. The standard InChI is InChI=1S/C28H26N2O5/c1-18(31)34-23-8-5-9-24(17-23)35-22-13-10-19(11-14-22)27-29-25-16-20(28(32)33)12-15-26(25)30(27)21-6-3-2-4-7-21/h5,8-17,21H,2-4,6-7H2,1H3,(H,32,33). The van der Waals surface area contributed by atoms with E-state index in [0.29, 0.717) is 28.8 Å². The van der Waals surface area contributed by atoms with Gasteiger partial charge < -0.3 is 19.1 Å². The Labute approximate surface area is 202 Å². The van der Waals surface area contributed by atoms with E-state index < -0.39 is 5.97 Å². The van der Waals surface area contributed by atoms with Crippen LogP contribution in [0.15, 0.2) is 66.7 Å². The molecule has 0 aliphatic heterocycles. The van der Waals surface area contributed by atoms with Gasteiger partial charge >= 0.3 is 11.9 Å². The Morgan fingerprint density at radius 3 is 2.37 bits per heavy atom. The lowest BCUT2D eigenvalue weighted by atomic mass is 9.95. The van der Waals surface area contributed by atoms with Crippen LogP contribution in [-0.4, -0.2) is 26.6 Å². The van der Waals surface area contributed by atoms with Gasteiger partial charge in [0, 0.05) is 24.6 Å². The van der Waals surface area contributed by atoms with E-state index in [1.807, 2.05) is 30.3 Å². The van der Waals surface area contributed by atoms with E-state index in [-0.39, 0.29) is 11.5 Å². The number of ether oxygens (including phenoxy) is 2. The van der Waals surface area contributed by atoms with Crippen LogP contribution in [0, 0.1) is 0 Å². The van der Waals surface area contributed by atoms with E-state index in [1.54, 1.807) is 36.4 Å². The molecule has 178 valence electrons. The Kier molecular flexibility index (Phi) is 6.23. The summed E-state index contributed by atoms with van der Waals surface area (Å²) in [5.74, 6) is 1.11. The van der Waals surface area contributed by atoms with Crippen LogP contribution >= 0.6 is 0 Å². The number of hydrogen-bond donors (Lipinski definition) is 1. The van der Waals surface area contributed by atoms with Crippen molar-refractivity contribution in [2.24, 2.45) is 0 Å². The zero-order valence-corrected chi connectivity index (χ0v) is 19.4. The van der Waals surface area contributed by atoms with Gasteiger partial charge in [0.15, 0.2) is 0 Å². The van der Waals surface area contributed by atoms with E-state index in [1.165, 1.54) is 26.2 Å². The van der Waals surface area contributed by atoms with Crippen molar-refractivity contribution in [3.63, 3.8) is 0 Å².